The lowest BCUT2D eigenvalue weighted by Crippen LogP contribution is -2.56. The van der Waals surface area contributed by atoms with Crippen molar-refractivity contribution in [2.45, 2.75) is 83.1 Å². The summed E-state index contributed by atoms with van der Waals surface area (Å²) < 4.78 is 37.0. The number of carbonyl (C=O) groups excluding carboxylic acids is 3. The predicted octanol–water partition coefficient (Wildman–Crippen LogP) is 4.95. The Kier molecular flexibility index (Phi) is 6.49. The first kappa shape index (κ1) is 24.1. The van der Waals surface area contributed by atoms with Crippen LogP contribution in [0.3, 0.4) is 0 Å². The van der Waals surface area contributed by atoms with Gasteiger partial charge in [-0.3, -0.25) is 14.4 Å². The van der Waals surface area contributed by atoms with Gasteiger partial charge in [0, 0.05) is 36.0 Å². The molecule has 1 N–H and O–H groups in total. The Balaban J connectivity index is 1.44. The molecule has 0 spiro atoms. The van der Waals surface area contributed by atoms with E-state index in [0.29, 0.717) is 36.7 Å². The van der Waals surface area contributed by atoms with E-state index in [1.54, 1.807) is 11.8 Å². The van der Waals surface area contributed by atoms with E-state index in [9.17, 15) is 27.6 Å². The molecular formula is C24H34F3NO3S. The largest absolute Gasteiger partial charge is 0.471 e. The average molecular weight is 474 g/mol. The van der Waals surface area contributed by atoms with Gasteiger partial charge in [0.1, 0.15) is 11.6 Å². The van der Waals surface area contributed by atoms with Gasteiger partial charge in [0.2, 0.25) is 0 Å². The fraction of sp³-hybridized carbons (Fsp3) is 0.875. The third-order valence-electron chi connectivity index (χ3n) is 9.24. The average Bonchev–Trinajstić information content (AvgIpc) is 2.97. The van der Waals surface area contributed by atoms with Crippen molar-refractivity contribution in [2.75, 3.05) is 12.3 Å². The van der Waals surface area contributed by atoms with Crippen molar-refractivity contribution in [2.24, 2.45) is 34.5 Å². The normalized spacial score (nSPS) is 41.6. The molecule has 1 unspecified atom stereocenters. The number of hydrogen-bond acceptors (Lipinski definition) is 4. The molecule has 0 saturated heterocycles. The highest BCUT2D eigenvalue weighted by atomic mass is 32.2. The van der Waals surface area contributed by atoms with Gasteiger partial charge in [0.05, 0.1) is 0 Å². The maximum absolute atomic E-state index is 13.2. The number of alkyl halides is 3. The van der Waals surface area contributed by atoms with Crippen LogP contribution in [0.4, 0.5) is 13.2 Å². The number of carbonyl (C=O) groups is 3. The number of Topliss-reactive ketones (excluding diaryl/α,β-unsaturated/α-hetero) is 2. The monoisotopic (exact) mass is 473 g/mol. The van der Waals surface area contributed by atoms with Gasteiger partial charge in [-0.1, -0.05) is 26.7 Å². The highest BCUT2D eigenvalue weighted by Gasteiger charge is 2.64. The molecule has 32 heavy (non-hydrogen) atoms. The van der Waals surface area contributed by atoms with E-state index in [2.05, 4.69) is 13.8 Å². The van der Waals surface area contributed by atoms with E-state index >= 15 is 0 Å². The smallest absolute Gasteiger partial charge is 0.348 e. The summed E-state index contributed by atoms with van der Waals surface area (Å²) in [5.41, 5.74) is -0.343. The second-order valence-electron chi connectivity index (χ2n) is 10.9. The zero-order valence-electron chi connectivity index (χ0n) is 18.9. The SMILES string of the molecule is C[C@]12CCCC[C@@H]1C(=O)C[C@@H]1[C@@H]2CC[C@]2(C)C(=O)CC(SCCCNC(=O)C(F)(F)F)[C@@H]12. The van der Waals surface area contributed by atoms with Crippen LogP contribution in [0.25, 0.3) is 0 Å². The predicted molar refractivity (Wildman–Crippen MR) is 117 cm³/mol. The first-order valence-electron chi connectivity index (χ1n) is 12.0. The number of amides is 1. The molecule has 4 nitrogen and oxygen atoms in total. The molecule has 4 aliphatic rings. The summed E-state index contributed by atoms with van der Waals surface area (Å²) in [5.74, 6) is 0.390. The summed E-state index contributed by atoms with van der Waals surface area (Å²) in [6.07, 6.45) is 2.93. The minimum atomic E-state index is -4.86. The Morgan fingerprint density at radius 2 is 1.88 bits per heavy atom. The Bertz CT molecular complexity index is 787. The molecule has 0 aliphatic heterocycles. The Morgan fingerprint density at radius 3 is 2.59 bits per heavy atom. The van der Waals surface area contributed by atoms with Gasteiger partial charge in [-0.15, -0.1) is 0 Å². The fourth-order valence-corrected chi connectivity index (χ4v) is 9.27. The molecule has 4 saturated carbocycles. The van der Waals surface area contributed by atoms with E-state index in [4.69, 9.17) is 0 Å². The number of nitrogens with one attached hydrogen (secondary N) is 1. The third kappa shape index (κ3) is 4.03. The highest BCUT2D eigenvalue weighted by molar-refractivity contribution is 7.99. The first-order valence-corrected chi connectivity index (χ1v) is 13.1. The van der Waals surface area contributed by atoms with Crippen LogP contribution in [0.2, 0.25) is 0 Å². The van der Waals surface area contributed by atoms with Gasteiger partial charge in [-0.05, 0) is 61.0 Å². The van der Waals surface area contributed by atoms with Crippen LogP contribution < -0.4 is 5.32 Å². The molecule has 0 aromatic heterocycles. The number of thioether (sulfide) groups is 1. The van der Waals surface area contributed by atoms with Crippen LogP contribution >= 0.6 is 11.8 Å². The van der Waals surface area contributed by atoms with Crippen molar-refractivity contribution < 1.29 is 27.6 Å². The van der Waals surface area contributed by atoms with Gasteiger partial charge in [-0.25, -0.2) is 0 Å². The summed E-state index contributed by atoms with van der Waals surface area (Å²) in [6, 6.07) is 0. The second-order valence-corrected chi connectivity index (χ2v) is 12.2. The van der Waals surface area contributed by atoms with E-state index in [1.165, 1.54) is 6.42 Å². The molecule has 4 rings (SSSR count). The summed E-state index contributed by atoms with van der Waals surface area (Å²) in [6.45, 7) is 4.37. The van der Waals surface area contributed by atoms with Crippen LogP contribution in [0.5, 0.6) is 0 Å². The van der Waals surface area contributed by atoms with Gasteiger partial charge in [0.25, 0.3) is 0 Å². The molecule has 4 fully saturated rings. The Hall–Kier alpha value is -1.05. The number of hydrogen-bond donors (Lipinski definition) is 1. The maximum atomic E-state index is 13.2. The van der Waals surface area contributed by atoms with Crippen LogP contribution in [0, 0.1) is 34.5 Å². The third-order valence-corrected chi connectivity index (χ3v) is 10.6. The van der Waals surface area contributed by atoms with Crippen molar-refractivity contribution >= 4 is 29.2 Å². The highest BCUT2D eigenvalue weighted by Crippen LogP contribution is 2.65. The van der Waals surface area contributed by atoms with Crippen molar-refractivity contribution in [1.29, 1.82) is 0 Å². The maximum Gasteiger partial charge on any atom is 0.471 e. The molecule has 0 aromatic carbocycles. The summed E-state index contributed by atoms with van der Waals surface area (Å²) >= 11 is 1.65. The number of rotatable bonds is 5. The lowest BCUT2D eigenvalue weighted by molar-refractivity contribution is -0.173. The van der Waals surface area contributed by atoms with Crippen LogP contribution in [0.15, 0.2) is 0 Å². The molecule has 0 heterocycles. The van der Waals surface area contributed by atoms with Crippen molar-refractivity contribution in [3.8, 4) is 0 Å². The molecule has 180 valence electrons. The van der Waals surface area contributed by atoms with E-state index < -0.39 is 12.1 Å². The van der Waals surface area contributed by atoms with Crippen LogP contribution in [-0.2, 0) is 14.4 Å². The summed E-state index contributed by atoms with van der Waals surface area (Å²) in [7, 11) is 0. The minimum absolute atomic E-state index is 0.0295. The second kappa shape index (κ2) is 8.62. The van der Waals surface area contributed by atoms with Crippen molar-refractivity contribution in [1.82, 2.24) is 5.32 Å². The first-order chi connectivity index (χ1) is 15.0. The van der Waals surface area contributed by atoms with E-state index in [-0.39, 0.29) is 46.2 Å². The molecule has 0 radical (unpaired) electrons. The van der Waals surface area contributed by atoms with Crippen molar-refractivity contribution in [3.05, 3.63) is 0 Å². The van der Waals surface area contributed by atoms with Gasteiger partial charge < -0.3 is 5.32 Å². The zero-order chi connectivity index (χ0) is 23.3. The summed E-state index contributed by atoms with van der Waals surface area (Å²) in [5, 5.41) is 2.03. The molecule has 7 atom stereocenters. The lowest BCUT2D eigenvalue weighted by Gasteiger charge is -2.59. The molecule has 4 aliphatic carbocycles. The Labute approximate surface area is 192 Å². The lowest BCUT2D eigenvalue weighted by atomic mass is 9.45. The quantitative estimate of drug-likeness (QED) is 0.574. The standard InChI is InChI=1S/C24H34F3NO3S/c1-22-8-4-3-6-16(22)17(29)12-14-15(22)7-9-23(2)19(30)13-18(20(14)23)32-11-5-10-28-21(31)24(25,26)27/h14-16,18,20H,3-13H2,1-2H3,(H,28,31)/t14-,15+,16-,18?,20-,22-,23-/m1/s1. The Morgan fingerprint density at radius 1 is 1.12 bits per heavy atom. The number of ketones is 2. The van der Waals surface area contributed by atoms with Gasteiger partial charge in [0.15, 0.2) is 0 Å². The minimum Gasteiger partial charge on any atom is -0.348 e. The molecule has 0 aromatic rings. The molecule has 0 bridgehead atoms. The molecule has 1 amide bonds. The van der Waals surface area contributed by atoms with Gasteiger partial charge >= 0.3 is 12.1 Å². The fourth-order valence-electron chi connectivity index (χ4n) is 7.68. The topological polar surface area (TPSA) is 63.2 Å². The molecular weight excluding hydrogens is 439 g/mol. The van der Waals surface area contributed by atoms with Crippen LogP contribution in [-0.4, -0.2) is 41.2 Å². The van der Waals surface area contributed by atoms with Crippen LogP contribution in [0.1, 0.15) is 71.6 Å². The molecule has 8 heteroatoms. The number of halogens is 3. The van der Waals surface area contributed by atoms with E-state index in [0.717, 1.165) is 32.1 Å². The zero-order valence-corrected chi connectivity index (χ0v) is 19.7. The van der Waals surface area contributed by atoms with Crippen molar-refractivity contribution in [3.63, 3.8) is 0 Å². The van der Waals surface area contributed by atoms with E-state index in [1.807, 2.05) is 5.32 Å². The summed E-state index contributed by atoms with van der Waals surface area (Å²) in [4.78, 5) is 37.2. The van der Waals surface area contributed by atoms with Gasteiger partial charge in [-0.2, -0.15) is 24.9 Å². The number of fused-ring (bicyclic) bond motifs is 5.